The molecule has 0 aliphatic heterocycles. The van der Waals surface area contributed by atoms with Gasteiger partial charge < -0.3 is 4.98 Å². The van der Waals surface area contributed by atoms with Crippen molar-refractivity contribution in [1.82, 2.24) is 9.97 Å². The first-order chi connectivity index (χ1) is 7.18. The molecular weight excluding hydrogens is 235 g/mol. The topological polar surface area (TPSA) is 28.7 Å². The van der Waals surface area contributed by atoms with Crippen molar-refractivity contribution in [3.8, 4) is 11.3 Å². The average molecular weight is 241 g/mol. The zero-order valence-electron chi connectivity index (χ0n) is 7.50. The van der Waals surface area contributed by atoms with Crippen LogP contribution in [0.1, 0.15) is 0 Å². The van der Waals surface area contributed by atoms with Gasteiger partial charge >= 0.3 is 0 Å². The van der Waals surface area contributed by atoms with Crippen LogP contribution in [-0.2, 0) is 0 Å². The fourth-order valence-electron chi connectivity index (χ4n) is 1.23. The monoisotopic (exact) mass is 240 g/mol. The van der Waals surface area contributed by atoms with Crippen LogP contribution in [0.25, 0.3) is 11.3 Å². The summed E-state index contributed by atoms with van der Waals surface area (Å²) in [5.41, 5.74) is 1.18. The lowest BCUT2D eigenvalue weighted by Gasteiger charge is -2.02. The highest BCUT2D eigenvalue weighted by Gasteiger charge is 2.07. The number of hydrogen-bond acceptors (Lipinski definition) is 2. The van der Waals surface area contributed by atoms with Crippen LogP contribution in [0.4, 0.5) is 4.39 Å². The summed E-state index contributed by atoms with van der Waals surface area (Å²) in [5, 5.41) is 0.299. The Morgan fingerprint density at radius 2 is 2.20 bits per heavy atom. The summed E-state index contributed by atoms with van der Waals surface area (Å²) in [5.74, 6) is -0.380. The third-order valence-corrected chi connectivity index (χ3v) is 2.52. The first kappa shape index (κ1) is 10.3. The van der Waals surface area contributed by atoms with E-state index in [1.165, 1.54) is 12.1 Å². The van der Waals surface area contributed by atoms with Gasteiger partial charge in [-0.15, -0.1) is 0 Å². The van der Waals surface area contributed by atoms with Gasteiger partial charge in [0.2, 0.25) is 0 Å². The van der Waals surface area contributed by atoms with Gasteiger partial charge in [-0.1, -0.05) is 23.8 Å². The number of benzene rings is 1. The second kappa shape index (κ2) is 4.08. The van der Waals surface area contributed by atoms with Crippen LogP contribution in [0.5, 0.6) is 0 Å². The Labute approximate surface area is 95.8 Å². The van der Waals surface area contributed by atoms with Crippen molar-refractivity contribution < 1.29 is 4.39 Å². The van der Waals surface area contributed by atoms with Crippen molar-refractivity contribution in [2.75, 3.05) is 0 Å². The fourth-order valence-corrected chi connectivity index (χ4v) is 1.71. The first-order valence-electron chi connectivity index (χ1n) is 4.17. The van der Waals surface area contributed by atoms with E-state index in [1.54, 1.807) is 18.5 Å². The summed E-state index contributed by atoms with van der Waals surface area (Å²) < 4.78 is 13.3. The fraction of sp³-hybridized carbons (Fsp3) is 0. The molecule has 2 rings (SSSR count). The number of aromatic amines is 1. The molecule has 0 saturated carbocycles. The molecule has 0 fully saturated rings. The zero-order chi connectivity index (χ0) is 10.8. The first-order valence-corrected chi connectivity index (χ1v) is 4.96. The summed E-state index contributed by atoms with van der Waals surface area (Å²) in [4.78, 5) is 6.94. The van der Waals surface area contributed by atoms with Crippen LogP contribution >= 0.6 is 23.8 Å². The lowest BCUT2D eigenvalue weighted by atomic mass is 10.1. The number of aromatic nitrogens is 2. The van der Waals surface area contributed by atoms with Gasteiger partial charge in [0, 0.05) is 18.0 Å². The highest BCUT2D eigenvalue weighted by Crippen LogP contribution is 2.26. The van der Waals surface area contributed by atoms with Crippen molar-refractivity contribution in [2.24, 2.45) is 0 Å². The van der Waals surface area contributed by atoms with Gasteiger partial charge in [-0.2, -0.15) is 0 Å². The third kappa shape index (κ3) is 2.06. The number of hydrogen-bond donors (Lipinski definition) is 1. The predicted molar refractivity (Wildman–Crippen MR) is 59.8 cm³/mol. The Morgan fingerprint density at radius 3 is 2.87 bits per heavy atom. The van der Waals surface area contributed by atoms with E-state index >= 15 is 0 Å². The van der Waals surface area contributed by atoms with Gasteiger partial charge in [-0.3, -0.25) is 4.98 Å². The van der Waals surface area contributed by atoms with E-state index in [-0.39, 0.29) is 5.82 Å². The van der Waals surface area contributed by atoms with E-state index in [9.17, 15) is 4.39 Å². The van der Waals surface area contributed by atoms with Gasteiger partial charge in [0.1, 0.15) is 16.2 Å². The molecular formula is C10H6ClFN2S. The maximum atomic E-state index is 12.8. The molecule has 0 spiro atoms. The molecule has 15 heavy (non-hydrogen) atoms. The highest BCUT2D eigenvalue weighted by molar-refractivity contribution is 7.71. The predicted octanol–water partition coefficient (Wildman–Crippen LogP) is 3.60. The van der Waals surface area contributed by atoms with Crippen molar-refractivity contribution in [3.63, 3.8) is 0 Å². The van der Waals surface area contributed by atoms with E-state index < -0.39 is 0 Å². The molecule has 2 nitrogen and oxygen atoms in total. The Hall–Kier alpha value is -1.26. The van der Waals surface area contributed by atoms with Crippen molar-refractivity contribution in [3.05, 3.63) is 46.1 Å². The summed E-state index contributed by atoms with van der Waals surface area (Å²) in [6.45, 7) is 0. The molecule has 0 radical (unpaired) electrons. The largest absolute Gasteiger partial charge is 0.350 e. The lowest BCUT2D eigenvalue weighted by molar-refractivity contribution is 0.628. The molecule has 76 valence electrons. The molecule has 1 aromatic carbocycles. The molecule has 0 saturated heterocycles. The zero-order valence-corrected chi connectivity index (χ0v) is 9.07. The van der Waals surface area contributed by atoms with Gasteiger partial charge in [-0.05, 0) is 18.2 Å². The number of halogens is 2. The molecule has 1 heterocycles. The van der Waals surface area contributed by atoms with Crippen molar-refractivity contribution in [1.29, 1.82) is 0 Å². The van der Waals surface area contributed by atoms with E-state index in [4.69, 9.17) is 23.8 Å². The van der Waals surface area contributed by atoms with Crippen molar-refractivity contribution in [2.45, 2.75) is 0 Å². The normalized spacial score (nSPS) is 10.3. The van der Waals surface area contributed by atoms with Crippen LogP contribution in [0.2, 0.25) is 5.02 Å². The van der Waals surface area contributed by atoms with Gasteiger partial charge in [0.25, 0.3) is 0 Å². The van der Waals surface area contributed by atoms with E-state index in [1.807, 2.05) is 0 Å². The molecule has 1 aromatic heterocycles. The van der Waals surface area contributed by atoms with Gasteiger partial charge in [0.15, 0.2) is 0 Å². The Bertz CT molecular complexity index is 553. The third-order valence-electron chi connectivity index (χ3n) is 1.89. The van der Waals surface area contributed by atoms with E-state index in [2.05, 4.69) is 9.97 Å². The summed E-state index contributed by atoms with van der Waals surface area (Å²) in [6.07, 6.45) is 3.20. The molecule has 0 atom stereocenters. The van der Waals surface area contributed by atoms with Gasteiger partial charge in [-0.25, -0.2) is 4.39 Å². The van der Waals surface area contributed by atoms with Crippen LogP contribution in [0, 0.1) is 10.5 Å². The van der Waals surface area contributed by atoms with Crippen LogP contribution < -0.4 is 0 Å². The molecule has 0 aliphatic carbocycles. The quantitative estimate of drug-likeness (QED) is 0.772. The maximum Gasteiger partial charge on any atom is 0.129 e. The Kier molecular flexibility index (Phi) is 2.79. The highest BCUT2D eigenvalue weighted by atomic mass is 35.5. The van der Waals surface area contributed by atoms with Gasteiger partial charge in [0.05, 0.1) is 5.02 Å². The minimum Gasteiger partial charge on any atom is -0.350 e. The number of H-pyrrole nitrogens is 1. The van der Waals surface area contributed by atoms with Crippen molar-refractivity contribution >= 4 is 23.8 Å². The lowest BCUT2D eigenvalue weighted by Crippen LogP contribution is -1.88. The average Bonchev–Trinajstić information content (AvgIpc) is 2.20. The minimum absolute atomic E-state index is 0.299. The minimum atomic E-state index is -0.380. The van der Waals surface area contributed by atoms with Crippen LogP contribution in [0.3, 0.4) is 0 Å². The molecule has 2 aromatic rings. The molecule has 0 bridgehead atoms. The maximum absolute atomic E-state index is 12.8. The smallest absolute Gasteiger partial charge is 0.129 e. The standard InChI is InChI=1S/C10H6ClFN2S/c11-8-5-6(12)1-2-7(8)9-10(15)14-4-3-13-9/h1-5H,(H,14,15). The molecule has 5 heteroatoms. The van der Waals surface area contributed by atoms with Crippen LogP contribution in [0.15, 0.2) is 30.6 Å². The SMILES string of the molecule is Fc1ccc(-c2ncc[nH]c2=S)c(Cl)c1. The Morgan fingerprint density at radius 1 is 1.40 bits per heavy atom. The second-order valence-corrected chi connectivity index (χ2v) is 3.71. The van der Waals surface area contributed by atoms with Crippen LogP contribution in [-0.4, -0.2) is 9.97 Å². The van der Waals surface area contributed by atoms with E-state index in [0.717, 1.165) is 0 Å². The number of nitrogens with zero attached hydrogens (tertiary/aromatic N) is 1. The molecule has 0 unspecified atom stereocenters. The second-order valence-electron chi connectivity index (χ2n) is 2.89. The number of rotatable bonds is 1. The summed E-state index contributed by atoms with van der Waals surface area (Å²) in [6, 6.07) is 4.12. The summed E-state index contributed by atoms with van der Waals surface area (Å²) >= 11 is 11.0. The molecule has 1 N–H and O–H groups in total. The van der Waals surface area contributed by atoms with E-state index in [0.29, 0.717) is 20.9 Å². The molecule has 0 aliphatic rings. The Balaban J connectivity index is 2.65. The summed E-state index contributed by atoms with van der Waals surface area (Å²) in [7, 11) is 0. The molecule has 0 amide bonds. The number of nitrogens with one attached hydrogen (secondary N) is 1.